The largest absolute Gasteiger partial charge is 0.422 e. The predicted octanol–water partition coefficient (Wildman–Crippen LogP) is 2.19. The zero-order valence-electron chi connectivity index (χ0n) is 12.6. The van der Waals surface area contributed by atoms with Crippen LogP contribution in [0.15, 0.2) is 53.1 Å². The summed E-state index contributed by atoms with van der Waals surface area (Å²) in [5.41, 5.74) is 2.03. The van der Waals surface area contributed by atoms with Crippen molar-refractivity contribution in [3.8, 4) is 0 Å². The van der Waals surface area contributed by atoms with Crippen molar-refractivity contribution in [1.29, 1.82) is 0 Å². The van der Waals surface area contributed by atoms with Crippen molar-refractivity contribution < 1.29 is 9.21 Å². The van der Waals surface area contributed by atoms with Crippen molar-refractivity contribution in [2.45, 2.75) is 0 Å². The van der Waals surface area contributed by atoms with Gasteiger partial charge < -0.3 is 14.2 Å². The van der Waals surface area contributed by atoms with E-state index >= 15 is 0 Å². The van der Waals surface area contributed by atoms with E-state index in [0.29, 0.717) is 43.4 Å². The number of fused-ring (bicyclic) bond motifs is 1. The first-order chi connectivity index (χ1) is 11.3. The third-order valence-corrected chi connectivity index (χ3v) is 4.01. The van der Waals surface area contributed by atoms with E-state index in [-0.39, 0.29) is 5.91 Å². The van der Waals surface area contributed by atoms with Crippen molar-refractivity contribution >= 4 is 23.2 Å². The third-order valence-electron chi connectivity index (χ3n) is 4.01. The molecular weight excluding hydrogens is 292 g/mol. The average Bonchev–Trinajstić information content (AvgIpc) is 3.06. The van der Waals surface area contributed by atoms with Gasteiger partial charge >= 0.3 is 0 Å². The van der Waals surface area contributed by atoms with Gasteiger partial charge in [-0.3, -0.25) is 4.79 Å². The molecule has 2 aromatic heterocycles. The Hall–Kier alpha value is -2.89. The Morgan fingerprint density at radius 1 is 1.00 bits per heavy atom. The van der Waals surface area contributed by atoms with Crippen LogP contribution in [-0.4, -0.2) is 47.0 Å². The molecule has 0 spiro atoms. The summed E-state index contributed by atoms with van der Waals surface area (Å²) in [7, 11) is 0. The lowest BCUT2D eigenvalue weighted by molar-refractivity contribution is 0.0745. The molecule has 0 radical (unpaired) electrons. The average molecular weight is 308 g/mol. The Morgan fingerprint density at radius 2 is 1.78 bits per heavy atom. The number of aromatic nitrogens is 2. The molecule has 1 aromatic carbocycles. The Labute approximate surface area is 133 Å². The number of benzene rings is 1. The molecule has 0 atom stereocenters. The highest BCUT2D eigenvalue weighted by Gasteiger charge is 2.24. The summed E-state index contributed by atoms with van der Waals surface area (Å²) in [4.78, 5) is 25.0. The summed E-state index contributed by atoms with van der Waals surface area (Å²) in [6.07, 6.45) is 1.70. The molecule has 0 saturated carbocycles. The molecule has 0 N–H and O–H groups in total. The highest BCUT2D eigenvalue weighted by atomic mass is 16.4. The Bertz CT molecular complexity index is 790. The molecule has 0 unspecified atom stereocenters. The summed E-state index contributed by atoms with van der Waals surface area (Å²) in [5, 5.41) is 0. The lowest BCUT2D eigenvalue weighted by Crippen LogP contribution is -2.48. The minimum Gasteiger partial charge on any atom is -0.422 e. The first kappa shape index (κ1) is 13.8. The van der Waals surface area contributed by atoms with Crippen molar-refractivity contribution in [1.82, 2.24) is 14.9 Å². The van der Waals surface area contributed by atoms with Crippen molar-refractivity contribution in [3.63, 3.8) is 0 Å². The number of carbonyl (C=O) groups excluding carboxylic acids is 1. The van der Waals surface area contributed by atoms with E-state index in [4.69, 9.17) is 4.42 Å². The fraction of sp³-hybridized carbons (Fsp3) is 0.235. The molecule has 1 aliphatic rings. The summed E-state index contributed by atoms with van der Waals surface area (Å²) in [6.45, 7) is 2.70. The lowest BCUT2D eigenvalue weighted by atomic mass is 10.2. The van der Waals surface area contributed by atoms with E-state index in [1.807, 2.05) is 47.4 Å². The van der Waals surface area contributed by atoms with Gasteiger partial charge in [0.1, 0.15) is 0 Å². The maximum atomic E-state index is 12.4. The third kappa shape index (κ3) is 2.63. The van der Waals surface area contributed by atoms with Gasteiger partial charge in [0.15, 0.2) is 5.58 Å². The fourth-order valence-electron chi connectivity index (χ4n) is 2.76. The fourth-order valence-corrected chi connectivity index (χ4v) is 2.76. The van der Waals surface area contributed by atoms with E-state index < -0.39 is 0 Å². The number of hydrogen-bond donors (Lipinski definition) is 0. The van der Waals surface area contributed by atoms with Crippen LogP contribution in [0.3, 0.4) is 0 Å². The standard InChI is InChI=1S/C17H16N4O2/c22-16(13-5-2-1-3-6-13)20-9-11-21(12-10-20)17-19-15-14(23-17)7-4-8-18-15/h1-8H,9-12H2. The smallest absolute Gasteiger partial charge is 0.300 e. The molecule has 3 heterocycles. The molecule has 6 nitrogen and oxygen atoms in total. The molecule has 1 fully saturated rings. The monoisotopic (exact) mass is 308 g/mol. The second-order valence-corrected chi connectivity index (χ2v) is 5.47. The Morgan fingerprint density at radius 3 is 2.52 bits per heavy atom. The minimum atomic E-state index is 0.0736. The number of carbonyl (C=O) groups is 1. The highest BCUT2D eigenvalue weighted by Crippen LogP contribution is 2.21. The zero-order valence-corrected chi connectivity index (χ0v) is 12.6. The summed E-state index contributed by atoms with van der Waals surface area (Å²) in [5.74, 6) is 0.0736. The van der Waals surface area contributed by atoms with Gasteiger partial charge in [-0.15, -0.1) is 0 Å². The van der Waals surface area contributed by atoms with E-state index in [2.05, 4.69) is 14.9 Å². The van der Waals surface area contributed by atoms with E-state index in [9.17, 15) is 4.79 Å². The predicted molar refractivity (Wildman–Crippen MR) is 86.4 cm³/mol. The van der Waals surface area contributed by atoms with E-state index in [1.54, 1.807) is 6.20 Å². The Kier molecular flexibility index (Phi) is 3.42. The quantitative estimate of drug-likeness (QED) is 0.726. The molecule has 0 aliphatic carbocycles. The van der Waals surface area contributed by atoms with E-state index in [0.717, 1.165) is 5.56 Å². The number of oxazole rings is 1. The maximum Gasteiger partial charge on any atom is 0.300 e. The number of pyridine rings is 1. The number of amides is 1. The highest BCUT2D eigenvalue weighted by molar-refractivity contribution is 5.94. The molecule has 1 saturated heterocycles. The van der Waals surface area contributed by atoms with E-state index in [1.165, 1.54) is 0 Å². The molecule has 116 valence electrons. The van der Waals surface area contributed by atoms with Crippen LogP contribution in [0, 0.1) is 0 Å². The SMILES string of the molecule is O=C(c1ccccc1)N1CCN(c2nc3ncccc3o2)CC1. The summed E-state index contributed by atoms with van der Waals surface area (Å²) in [6, 6.07) is 13.6. The number of piperazine rings is 1. The molecule has 4 rings (SSSR count). The second-order valence-electron chi connectivity index (χ2n) is 5.47. The molecule has 0 bridgehead atoms. The van der Waals surface area contributed by atoms with Crippen LogP contribution in [-0.2, 0) is 0 Å². The van der Waals surface area contributed by atoms with Crippen LogP contribution in [0.25, 0.3) is 11.2 Å². The van der Waals surface area contributed by atoms with Gasteiger partial charge in [0.25, 0.3) is 11.9 Å². The van der Waals surface area contributed by atoms with Crippen LogP contribution in [0.4, 0.5) is 6.01 Å². The topological polar surface area (TPSA) is 62.5 Å². The van der Waals surface area contributed by atoms with Gasteiger partial charge in [-0.05, 0) is 24.3 Å². The maximum absolute atomic E-state index is 12.4. The molecule has 23 heavy (non-hydrogen) atoms. The lowest BCUT2D eigenvalue weighted by Gasteiger charge is -2.33. The van der Waals surface area contributed by atoms with Crippen LogP contribution >= 0.6 is 0 Å². The second kappa shape index (κ2) is 5.72. The summed E-state index contributed by atoms with van der Waals surface area (Å²) < 4.78 is 5.74. The van der Waals surface area contributed by atoms with Crippen molar-refractivity contribution in [2.75, 3.05) is 31.1 Å². The van der Waals surface area contributed by atoms with Crippen LogP contribution < -0.4 is 4.90 Å². The normalized spacial score (nSPS) is 15.1. The van der Waals surface area contributed by atoms with Crippen LogP contribution in [0.5, 0.6) is 0 Å². The van der Waals surface area contributed by atoms with Crippen LogP contribution in [0.1, 0.15) is 10.4 Å². The molecule has 3 aromatic rings. The molecule has 6 heteroatoms. The number of hydrogen-bond acceptors (Lipinski definition) is 5. The molecule has 1 aliphatic heterocycles. The van der Waals surface area contributed by atoms with Gasteiger partial charge in [0.05, 0.1) is 0 Å². The van der Waals surface area contributed by atoms with Crippen molar-refractivity contribution in [3.05, 3.63) is 54.2 Å². The first-order valence-corrected chi connectivity index (χ1v) is 7.62. The zero-order chi connectivity index (χ0) is 15.6. The number of anilines is 1. The van der Waals surface area contributed by atoms with Gasteiger partial charge in [-0.2, -0.15) is 4.98 Å². The summed E-state index contributed by atoms with van der Waals surface area (Å²) >= 11 is 0. The van der Waals surface area contributed by atoms with Crippen molar-refractivity contribution in [2.24, 2.45) is 0 Å². The van der Waals surface area contributed by atoms with Gasteiger partial charge in [0.2, 0.25) is 5.65 Å². The first-order valence-electron chi connectivity index (χ1n) is 7.62. The minimum absolute atomic E-state index is 0.0736. The van der Waals surface area contributed by atoms with Gasteiger partial charge in [0, 0.05) is 37.9 Å². The molecular formula is C17H16N4O2. The number of rotatable bonds is 2. The number of nitrogens with zero attached hydrogens (tertiary/aromatic N) is 4. The Balaban J connectivity index is 1.45. The van der Waals surface area contributed by atoms with Gasteiger partial charge in [-0.25, -0.2) is 4.98 Å². The van der Waals surface area contributed by atoms with Crippen LogP contribution in [0.2, 0.25) is 0 Å². The van der Waals surface area contributed by atoms with Gasteiger partial charge in [-0.1, -0.05) is 18.2 Å². The molecule has 1 amide bonds.